The lowest BCUT2D eigenvalue weighted by molar-refractivity contribution is -0.140. The minimum atomic E-state index is -4.84. The number of aromatic amines is 1. The summed E-state index contributed by atoms with van der Waals surface area (Å²) in [5, 5.41) is 7.55. The van der Waals surface area contributed by atoms with Gasteiger partial charge in [0.05, 0.1) is 0 Å². The Labute approximate surface area is 171 Å². The highest BCUT2D eigenvalue weighted by atomic mass is 19.4. The number of pyridine rings is 1. The van der Waals surface area contributed by atoms with Crippen molar-refractivity contribution in [2.45, 2.75) is 12.8 Å². The van der Waals surface area contributed by atoms with E-state index in [-0.39, 0.29) is 17.7 Å². The number of benzene rings is 2. The Morgan fingerprint density at radius 1 is 1.13 bits per heavy atom. The number of nitrogens with one attached hydrogen (secondary N) is 1. The van der Waals surface area contributed by atoms with Gasteiger partial charge >= 0.3 is 6.18 Å². The summed E-state index contributed by atoms with van der Waals surface area (Å²) >= 11 is 0. The summed E-state index contributed by atoms with van der Waals surface area (Å²) in [6.07, 6.45) is -4.84. The van der Waals surface area contributed by atoms with Gasteiger partial charge in [0, 0.05) is 11.1 Å². The quantitative estimate of drug-likeness (QED) is 0.501. The van der Waals surface area contributed by atoms with Crippen LogP contribution in [0, 0.1) is 0 Å². The van der Waals surface area contributed by atoms with Gasteiger partial charge in [-0.15, -0.1) is 0 Å². The molecule has 0 radical (unpaired) electrons. The average molecular weight is 430 g/mol. The smallest absolute Gasteiger partial charge is 0.431 e. The number of H-pyrrole nitrogens is 1. The lowest BCUT2D eigenvalue weighted by Gasteiger charge is -2.14. The largest absolute Gasteiger partial charge is 0.489 e. The number of alkyl halides is 3. The van der Waals surface area contributed by atoms with Gasteiger partial charge in [-0.3, -0.25) is 9.59 Å². The number of hydrogen-bond donors (Lipinski definition) is 2. The van der Waals surface area contributed by atoms with E-state index in [0.29, 0.717) is 22.3 Å². The monoisotopic (exact) mass is 430 g/mol. The van der Waals surface area contributed by atoms with Crippen molar-refractivity contribution in [3.63, 3.8) is 0 Å². The Kier molecular flexibility index (Phi) is 4.93. The number of nitrogens with two attached hydrogens (primary N) is 1. The fraction of sp³-hybridized carbons (Fsp3) is 0.100. The molecule has 0 saturated heterocycles. The molecule has 1 amide bonds. The number of ether oxygens (including phenoxy) is 1. The van der Waals surface area contributed by atoms with Gasteiger partial charge in [0.1, 0.15) is 34.6 Å². The molecule has 0 aliphatic heterocycles. The molecule has 0 aliphatic carbocycles. The zero-order valence-electron chi connectivity index (χ0n) is 15.6. The van der Waals surface area contributed by atoms with Crippen LogP contribution in [0.25, 0.3) is 22.2 Å². The molecule has 0 fully saturated rings. The molecule has 31 heavy (non-hydrogen) atoms. The van der Waals surface area contributed by atoms with Gasteiger partial charge in [0.2, 0.25) is 0 Å². The second-order valence-electron chi connectivity index (χ2n) is 6.52. The molecular formula is C20H13F3N4O4. The van der Waals surface area contributed by atoms with Gasteiger partial charge in [-0.1, -0.05) is 24.3 Å². The molecule has 3 N–H and O–H groups in total. The molecule has 8 nitrogen and oxygen atoms in total. The predicted molar refractivity (Wildman–Crippen MR) is 102 cm³/mol. The maximum absolute atomic E-state index is 13.4. The van der Waals surface area contributed by atoms with Crippen LogP contribution in [-0.2, 0) is 12.8 Å². The highest BCUT2D eigenvalue weighted by Gasteiger charge is 2.36. The number of halogens is 3. The van der Waals surface area contributed by atoms with Gasteiger partial charge in [-0.25, -0.2) is 4.63 Å². The van der Waals surface area contributed by atoms with Crippen molar-refractivity contribution in [2.75, 3.05) is 0 Å². The summed E-state index contributed by atoms with van der Waals surface area (Å²) in [6, 6.07) is 11.8. The topological polar surface area (TPSA) is 124 Å². The summed E-state index contributed by atoms with van der Waals surface area (Å²) in [6.45, 7) is 0.128. The minimum Gasteiger partial charge on any atom is -0.489 e. The number of aromatic nitrogens is 3. The fourth-order valence-electron chi connectivity index (χ4n) is 3.03. The molecule has 2 heterocycles. The molecule has 11 heteroatoms. The SMILES string of the molecule is NC(=O)c1cc(-c2ccc(OCc3cccc4nonc34)cc2)c(C(F)(F)F)[nH]c1=O. The summed E-state index contributed by atoms with van der Waals surface area (Å²) in [4.78, 5) is 24.9. The van der Waals surface area contributed by atoms with E-state index in [1.54, 1.807) is 23.2 Å². The van der Waals surface area contributed by atoms with Crippen LogP contribution in [-0.4, -0.2) is 21.2 Å². The van der Waals surface area contributed by atoms with E-state index >= 15 is 0 Å². The number of primary amides is 1. The highest BCUT2D eigenvalue weighted by molar-refractivity contribution is 5.94. The lowest BCUT2D eigenvalue weighted by Crippen LogP contribution is -2.27. The lowest BCUT2D eigenvalue weighted by atomic mass is 10.0. The average Bonchev–Trinajstić information content (AvgIpc) is 3.21. The number of hydrogen-bond acceptors (Lipinski definition) is 6. The normalized spacial score (nSPS) is 11.6. The summed E-state index contributed by atoms with van der Waals surface area (Å²) in [7, 11) is 0. The van der Waals surface area contributed by atoms with Gasteiger partial charge in [0.15, 0.2) is 0 Å². The van der Waals surface area contributed by atoms with Crippen LogP contribution in [0.5, 0.6) is 5.75 Å². The summed E-state index contributed by atoms with van der Waals surface area (Å²) in [5.41, 5.74) is 3.60. The highest BCUT2D eigenvalue weighted by Crippen LogP contribution is 2.35. The second kappa shape index (κ2) is 7.59. The third kappa shape index (κ3) is 3.97. The minimum absolute atomic E-state index is 0.112. The first-order valence-electron chi connectivity index (χ1n) is 8.82. The molecule has 0 unspecified atom stereocenters. The van der Waals surface area contributed by atoms with Gasteiger partial charge < -0.3 is 15.5 Å². The van der Waals surface area contributed by atoms with E-state index in [1.165, 1.54) is 24.3 Å². The molecule has 158 valence electrons. The van der Waals surface area contributed by atoms with Crippen molar-refractivity contribution in [1.82, 2.24) is 15.3 Å². The van der Waals surface area contributed by atoms with Crippen LogP contribution in [0.15, 0.2) is 58.0 Å². The van der Waals surface area contributed by atoms with E-state index in [9.17, 15) is 22.8 Å². The van der Waals surface area contributed by atoms with Crippen molar-refractivity contribution in [3.05, 3.63) is 75.7 Å². The maximum Gasteiger partial charge on any atom is 0.431 e. The van der Waals surface area contributed by atoms with E-state index in [1.807, 2.05) is 0 Å². The molecule has 4 rings (SSSR count). The van der Waals surface area contributed by atoms with E-state index in [0.717, 1.165) is 6.07 Å². The van der Waals surface area contributed by atoms with Crippen LogP contribution in [0.1, 0.15) is 21.6 Å². The molecule has 4 aromatic rings. The number of carbonyl (C=O) groups excluding carboxylic acids is 1. The fourth-order valence-corrected chi connectivity index (χ4v) is 3.03. The van der Waals surface area contributed by atoms with Crippen molar-refractivity contribution >= 4 is 16.9 Å². The van der Waals surface area contributed by atoms with Gasteiger partial charge in [0.25, 0.3) is 11.5 Å². The maximum atomic E-state index is 13.4. The molecule has 2 aromatic heterocycles. The van der Waals surface area contributed by atoms with Crippen molar-refractivity contribution in [1.29, 1.82) is 0 Å². The predicted octanol–water partition coefficient (Wildman–Crippen LogP) is 3.27. The molecular weight excluding hydrogens is 417 g/mol. The summed E-state index contributed by atoms with van der Waals surface area (Å²) in [5.74, 6) is -0.752. The Balaban J connectivity index is 1.63. The molecule has 0 spiro atoms. The third-order valence-electron chi connectivity index (χ3n) is 4.52. The molecule has 0 bridgehead atoms. The Morgan fingerprint density at radius 3 is 2.55 bits per heavy atom. The third-order valence-corrected chi connectivity index (χ3v) is 4.52. The van der Waals surface area contributed by atoms with Crippen LogP contribution in [0.2, 0.25) is 0 Å². The van der Waals surface area contributed by atoms with E-state index in [4.69, 9.17) is 15.1 Å². The number of fused-ring (bicyclic) bond motifs is 1. The molecule has 0 saturated carbocycles. The van der Waals surface area contributed by atoms with E-state index in [2.05, 4.69) is 10.3 Å². The number of amides is 1. The number of carbonyl (C=O) groups is 1. The first-order valence-corrected chi connectivity index (χ1v) is 8.82. The first-order chi connectivity index (χ1) is 14.7. The first kappa shape index (κ1) is 20.1. The van der Waals surface area contributed by atoms with Crippen LogP contribution in [0.4, 0.5) is 13.2 Å². The van der Waals surface area contributed by atoms with Crippen molar-refractivity contribution in [2.24, 2.45) is 5.73 Å². The zero-order chi connectivity index (χ0) is 22.2. The Morgan fingerprint density at radius 2 is 1.87 bits per heavy atom. The zero-order valence-corrected chi connectivity index (χ0v) is 15.6. The van der Waals surface area contributed by atoms with Crippen LogP contribution in [0.3, 0.4) is 0 Å². The molecule has 0 aliphatic rings. The van der Waals surface area contributed by atoms with Crippen LogP contribution < -0.4 is 16.0 Å². The Hall–Kier alpha value is -4.15. The Bertz CT molecular complexity index is 1330. The van der Waals surface area contributed by atoms with Crippen molar-refractivity contribution in [3.8, 4) is 16.9 Å². The molecule has 2 aromatic carbocycles. The second-order valence-corrected chi connectivity index (χ2v) is 6.52. The standard InChI is InChI=1S/C20H13F3N4O4/c21-20(22,23)17-13(8-14(18(24)28)19(29)25-17)10-4-6-12(7-5-10)30-9-11-2-1-3-15-16(11)27-31-26-15/h1-8H,9H2,(H2,24,28)(H,25,29). The van der Waals surface area contributed by atoms with Gasteiger partial charge in [-0.05, 0) is 40.1 Å². The molecule has 0 atom stereocenters. The van der Waals surface area contributed by atoms with Crippen molar-refractivity contribution < 1.29 is 27.3 Å². The number of rotatable bonds is 5. The summed E-state index contributed by atoms with van der Waals surface area (Å²) < 4.78 is 50.6. The van der Waals surface area contributed by atoms with Gasteiger partial charge in [-0.2, -0.15) is 13.2 Å². The number of nitrogens with zero attached hydrogens (tertiary/aromatic N) is 2. The van der Waals surface area contributed by atoms with Crippen LogP contribution >= 0.6 is 0 Å². The van der Waals surface area contributed by atoms with E-state index < -0.39 is 28.9 Å².